The monoisotopic (exact) mass is 408 g/mol. The summed E-state index contributed by atoms with van der Waals surface area (Å²) in [6.07, 6.45) is -3.18. The maximum absolute atomic E-state index is 14.4. The number of H-pyrrole nitrogens is 1. The van der Waals surface area contributed by atoms with Crippen LogP contribution in [-0.2, 0) is 16.1 Å². The zero-order chi connectivity index (χ0) is 20.8. The van der Waals surface area contributed by atoms with E-state index in [4.69, 9.17) is 4.74 Å². The van der Waals surface area contributed by atoms with E-state index < -0.39 is 23.4 Å². The van der Waals surface area contributed by atoms with Crippen LogP contribution in [0.3, 0.4) is 0 Å². The van der Waals surface area contributed by atoms with E-state index >= 15 is 0 Å². The van der Waals surface area contributed by atoms with Crippen LogP contribution >= 0.6 is 0 Å². The van der Waals surface area contributed by atoms with Gasteiger partial charge in [-0.2, -0.15) is 13.9 Å². The Hall–Kier alpha value is -2.39. The van der Waals surface area contributed by atoms with Gasteiger partial charge < -0.3 is 9.64 Å². The number of ether oxygens (including phenoxy) is 1. The number of hydrogen-bond donors (Lipinski definition) is 1. The minimum absolute atomic E-state index is 0.0185. The maximum Gasteiger partial charge on any atom is 0.437 e. The number of amides is 1. The minimum atomic E-state index is -3.91. The van der Waals surface area contributed by atoms with Gasteiger partial charge in [0.05, 0.1) is 17.8 Å². The maximum atomic E-state index is 14.4. The Labute approximate surface area is 166 Å². The standard InChI is InChI=1S/C20H23F3N4O2/c1-13-17(14(2)25-24-13)11-26-9-7-19(8-10-26)12-27(18(28)20(22,23)29-19)16-5-3-15(21)4-6-16/h3-6H,7-12H2,1-2H3,(H,24,25). The SMILES string of the molecule is Cc1n[nH]c(C)c1CN1CCC2(CC1)CN(c1ccc(F)cc1)C(=O)C(F)(F)O2. The fourth-order valence-electron chi connectivity index (χ4n) is 4.10. The number of halogens is 3. The number of likely N-dealkylation sites (tertiary alicyclic amines) is 1. The normalized spacial score (nSPS) is 21.7. The summed E-state index contributed by atoms with van der Waals surface area (Å²) in [6.45, 7) is 5.71. The minimum Gasteiger partial charge on any atom is -0.304 e. The number of alkyl halides is 2. The molecule has 0 aliphatic carbocycles. The Morgan fingerprint density at radius 1 is 1.17 bits per heavy atom. The molecular formula is C20H23F3N4O2. The average molecular weight is 408 g/mol. The Morgan fingerprint density at radius 3 is 2.41 bits per heavy atom. The molecule has 2 aromatic rings. The predicted octanol–water partition coefficient (Wildman–Crippen LogP) is 3.16. The number of benzene rings is 1. The van der Waals surface area contributed by atoms with Crippen molar-refractivity contribution < 1.29 is 22.7 Å². The summed E-state index contributed by atoms with van der Waals surface area (Å²) < 4.78 is 47.2. The van der Waals surface area contributed by atoms with Crippen molar-refractivity contribution in [2.45, 2.75) is 44.9 Å². The molecule has 29 heavy (non-hydrogen) atoms. The Balaban J connectivity index is 1.50. The van der Waals surface area contributed by atoms with Gasteiger partial charge in [-0.1, -0.05) is 0 Å². The van der Waals surface area contributed by atoms with Gasteiger partial charge in [0.15, 0.2) is 0 Å². The molecule has 1 spiro atoms. The highest BCUT2D eigenvalue weighted by atomic mass is 19.3. The number of nitrogens with one attached hydrogen (secondary N) is 1. The first-order valence-electron chi connectivity index (χ1n) is 9.57. The van der Waals surface area contributed by atoms with Crippen LogP contribution in [0.1, 0.15) is 29.8 Å². The average Bonchev–Trinajstić information content (AvgIpc) is 2.99. The summed E-state index contributed by atoms with van der Waals surface area (Å²) in [5.74, 6) is -1.91. The van der Waals surface area contributed by atoms with Crippen molar-refractivity contribution in [3.8, 4) is 0 Å². The van der Waals surface area contributed by atoms with Gasteiger partial charge in [0.25, 0.3) is 0 Å². The number of aromatic amines is 1. The second kappa shape index (κ2) is 7.14. The highest BCUT2D eigenvalue weighted by Gasteiger charge is 2.57. The number of carbonyl (C=O) groups excluding carboxylic acids is 1. The van der Waals surface area contributed by atoms with Gasteiger partial charge in [-0.05, 0) is 51.0 Å². The molecule has 0 bridgehead atoms. The van der Waals surface area contributed by atoms with Crippen LogP contribution in [0.15, 0.2) is 24.3 Å². The zero-order valence-corrected chi connectivity index (χ0v) is 16.3. The van der Waals surface area contributed by atoms with Gasteiger partial charge in [0.2, 0.25) is 0 Å². The van der Waals surface area contributed by atoms with E-state index in [0.717, 1.165) is 34.0 Å². The lowest BCUT2D eigenvalue weighted by Gasteiger charge is -2.48. The number of rotatable bonds is 3. The lowest BCUT2D eigenvalue weighted by molar-refractivity contribution is -0.293. The molecule has 3 heterocycles. The third kappa shape index (κ3) is 3.76. The third-order valence-electron chi connectivity index (χ3n) is 5.85. The number of carbonyl (C=O) groups is 1. The molecule has 6 nitrogen and oxygen atoms in total. The summed E-state index contributed by atoms with van der Waals surface area (Å²) in [5, 5.41) is 7.15. The largest absolute Gasteiger partial charge is 0.437 e. The Bertz CT molecular complexity index is 885. The van der Waals surface area contributed by atoms with Crippen molar-refractivity contribution in [1.29, 1.82) is 0 Å². The molecule has 2 aliphatic rings. The molecule has 0 unspecified atom stereocenters. The zero-order valence-electron chi connectivity index (χ0n) is 16.3. The van der Waals surface area contributed by atoms with Crippen LogP contribution < -0.4 is 4.90 Å². The summed E-state index contributed by atoms with van der Waals surface area (Å²) in [5.41, 5.74) is 2.14. The molecule has 1 aromatic heterocycles. The van der Waals surface area contributed by atoms with Gasteiger partial charge >= 0.3 is 12.0 Å². The molecule has 0 atom stereocenters. The molecule has 2 fully saturated rings. The number of nitrogens with zero attached hydrogens (tertiary/aromatic N) is 3. The summed E-state index contributed by atoms with van der Waals surface area (Å²) in [7, 11) is 0. The summed E-state index contributed by atoms with van der Waals surface area (Å²) in [4.78, 5) is 15.4. The second-order valence-electron chi connectivity index (χ2n) is 7.86. The molecule has 0 radical (unpaired) electrons. The number of morpholine rings is 1. The third-order valence-corrected chi connectivity index (χ3v) is 5.85. The van der Waals surface area contributed by atoms with Gasteiger partial charge in [-0.15, -0.1) is 0 Å². The molecular weight excluding hydrogens is 385 g/mol. The first-order valence-corrected chi connectivity index (χ1v) is 9.57. The highest BCUT2D eigenvalue weighted by molar-refractivity contribution is 5.98. The Kier molecular flexibility index (Phi) is 4.90. The van der Waals surface area contributed by atoms with E-state index in [-0.39, 0.29) is 12.2 Å². The second-order valence-corrected chi connectivity index (χ2v) is 7.86. The molecule has 1 aromatic carbocycles. The molecule has 1 N–H and O–H groups in total. The van der Waals surface area contributed by atoms with E-state index in [1.807, 2.05) is 13.8 Å². The van der Waals surface area contributed by atoms with Crippen LogP contribution in [0.5, 0.6) is 0 Å². The molecule has 0 saturated carbocycles. The fraction of sp³-hybridized carbons (Fsp3) is 0.500. The fourth-order valence-corrected chi connectivity index (χ4v) is 4.10. The molecule has 156 valence electrons. The molecule has 1 amide bonds. The van der Waals surface area contributed by atoms with Crippen molar-refractivity contribution in [3.63, 3.8) is 0 Å². The van der Waals surface area contributed by atoms with Crippen molar-refractivity contribution >= 4 is 11.6 Å². The van der Waals surface area contributed by atoms with E-state index in [0.29, 0.717) is 32.5 Å². The molecule has 2 aliphatic heterocycles. The smallest absolute Gasteiger partial charge is 0.304 e. The van der Waals surface area contributed by atoms with Crippen LogP contribution in [-0.4, -0.2) is 52.3 Å². The van der Waals surface area contributed by atoms with Crippen LogP contribution in [0, 0.1) is 19.7 Å². The first kappa shape index (κ1) is 19.9. The van der Waals surface area contributed by atoms with Gasteiger partial charge in [-0.25, -0.2) is 4.39 Å². The highest BCUT2D eigenvalue weighted by Crippen LogP contribution is 2.40. The van der Waals surface area contributed by atoms with Gasteiger partial charge in [-0.3, -0.25) is 14.8 Å². The summed E-state index contributed by atoms with van der Waals surface area (Å²) >= 11 is 0. The van der Waals surface area contributed by atoms with E-state index in [2.05, 4.69) is 15.1 Å². The van der Waals surface area contributed by atoms with Crippen LogP contribution in [0.2, 0.25) is 0 Å². The number of aryl methyl sites for hydroxylation is 2. The number of aromatic nitrogens is 2. The lowest BCUT2D eigenvalue weighted by atomic mass is 9.88. The topological polar surface area (TPSA) is 61.5 Å². The quantitative estimate of drug-likeness (QED) is 0.848. The van der Waals surface area contributed by atoms with Crippen molar-refractivity contribution in [3.05, 3.63) is 47.0 Å². The van der Waals surface area contributed by atoms with Gasteiger partial charge in [0, 0.05) is 36.6 Å². The van der Waals surface area contributed by atoms with Gasteiger partial charge in [0.1, 0.15) is 5.82 Å². The lowest BCUT2D eigenvalue weighted by Crippen LogP contribution is -2.64. The molecule has 4 rings (SSSR count). The van der Waals surface area contributed by atoms with Crippen molar-refractivity contribution in [2.75, 3.05) is 24.5 Å². The predicted molar refractivity (Wildman–Crippen MR) is 100 cm³/mol. The van der Waals surface area contributed by atoms with E-state index in [1.165, 1.54) is 12.1 Å². The Morgan fingerprint density at radius 2 is 1.83 bits per heavy atom. The molecule has 9 heteroatoms. The van der Waals surface area contributed by atoms with Crippen LogP contribution in [0.4, 0.5) is 18.9 Å². The van der Waals surface area contributed by atoms with E-state index in [9.17, 15) is 18.0 Å². The first-order chi connectivity index (χ1) is 13.7. The van der Waals surface area contributed by atoms with Crippen LogP contribution in [0.25, 0.3) is 0 Å². The number of hydrogen-bond acceptors (Lipinski definition) is 4. The molecule has 2 saturated heterocycles. The van der Waals surface area contributed by atoms with E-state index in [1.54, 1.807) is 0 Å². The van der Waals surface area contributed by atoms with Crippen molar-refractivity contribution in [2.24, 2.45) is 0 Å². The number of piperidine rings is 1. The summed E-state index contributed by atoms with van der Waals surface area (Å²) in [6, 6.07) is 4.98. The number of anilines is 1. The van der Waals surface area contributed by atoms with Crippen molar-refractivity contribution in [1.82, 2.24) is 15.1 Å².